The molecule has 0 fully saturated rings. The Hall–Kier alpha value is -0.610. The van der Waals surface area contributed by atoms with Crippen molar-refractivity contribution in [2.45, 2.75) is 46.6 Å². The topological polar surface area (TPSA) is 45.1 Å². The SMILES string of the molecule is CC(C)(C)CC(C)(C)n1c(=O)cc[s+]1[O-]. The van der Waals surface area contributed by atoms with Crippen molar-refractivity contribution in [3.8, 4) is 0 Å². The lowest BCUT2D eigenvalue weighted by Gasteiger charge is -2.31. The van der Waals surface area contributed by atoms with E-state index in [1.54, 1.807) is 0 Å². The van der Waals surface area contributed by atoms with Gasteiger partial charge in [0.15, 0.2) is 5.38 Å². The molecule has 0 spiro atoms. The van der Waals surface area contributed by atoms with Crippen LogP contribution in [0.5, 0.6) is 0 Å². The fraction of sp³-hybridized carbons (Fsp3) is 0.727. The number of hydrogen-bond donors (Lipinski definition) is 0. The van der Waals surface area contributed by atoms with Crippen LogP contribution in [0, 0.1) is 5.41 Å². The molecule has 15 heavy (non-hydrogen) atoms. The highest BCUT2D eigenvalue weighted by Gasteiger charge is 2.32. The van der Waals surface area contributed by atoms with Crippen LogP contribution in [0.25, 0.3) is 0 Å². The first-order chi connectivity index (χ1) is 6.63. The van der Waals surface area contributed by atoms with Crippen molar-refractivity contribution in [3.05, 3.63) is 21.8 Å². The van der Waals surface area contributed by atoms with Gasteiger partial charge in [0.05, 0.1) is 11.6 Å². The van der Waals surface area contributed by atoms with Crippen molar-refractivity contribution in [1.82, 2.24) is 3.96 Å². The summed E-state index contributed by atoms with van der Waals surface area (Å²) in [6, 6.07) is 1.39. The second-order valence-corrected chi connectivity index (χ2v) is 6.95. The summed E-state index contributed by atoms with van der Waals surface area (Å²) in [6.45, 7) is 10.3. The van der Waals surface area contributed by atoms with Gasteiger partial charge in [0.25, 0.3) is 5.56 Å². The molecule has 0 N–H and O–H groups in total. The molecule has 1 heterocycles. The Morgan fingerprint density at radius 1 is 1.33 bits per heavy atom. The van der Waals surface area contributed by atoms with E-state index in [1.165, 1.54) is 15.4 Å². The molecule has 0 amide bonds. The molecule has 0 aliphatic rings. The van der Waals surface area contributed by atoms with Gasteiger partial charge in [0, 0.05) is 10.9 Å². The Morgan fingerprint density at radius 2 is 1.87 bits per heavy atom. The van der Waals surface area contributed by atoms with E-state index in [4.69, 9.17) is 0 Å². The molecule has 0 radical (unpaired) electrons. The van der Waals surface area contributed by atoms with Crippen molar-refractivity contribution in [1.29, 1.82) is 0 Å². The van der Waals surface area contributed by atoms with Crippen LogP contribution in [0.4, 0.5) is 0 Å². The van der Waals surface area contributed by atoms with Gasteiger partial charge in [-0.3, -0.25) is 4.79 Å². The van der Waals surface area contributed by atoms with Crippen molar-refractivity contribution < 1.29 is 4.55 Å². The van der Waals surface area contributed by atoms with Gasteiger partial charge in [-0.05, 0) is 25.7 Å². The maximum absolute atomic E-state index is 11.6. The summed E-state index contributed by atoms with van der Waals surface area (Å²) >= 11 is 0. The third-order valence-corrected chi connectivity index (χ3v) is 3.62. The van der Waals surface area contributed by atoms with E-state index in [-0.39, 0.29) is 16.5 Å². The first-order valence-corrected chi connectivity index (χ1v) is 6.24. The molecule has 1 rings (SSSR count). The Kier molecular flexibility index (Phi) is 3.12. The molecular formula is C11H19NO2S. The second-order valence-electron chi connectivity index (χ2n) is 5.76. The fourth-order valence-corrected chi connectivity index (χ4v) is 3.39. The van der Waals surface area contributed by atoms with Crippen LogP contribution in [0.2, 0.25) is 0 Å². The van der Waals surface area contributed by atoms with Crippen molar-refractivity contribution in [3.63, 3.8) is 0 Å². The summed E-state index contributed by atoms with van der Waals surface area (Å²) < 4.78 is 13.1. The van der Waals surface area contributed by atoms with E-state index in [9.17, 15) is 9.35 Å². The van der Waals surface area contributed by atoms with Crippen LogP contribution in [-0.4, -0.2) is 8.51 Å². The average Bonchev–Trinajstić information content (AvgIpc) is 2.25. The Balaban J connectivity index is 3.11. The highest BCUT2D eigenvalue weighted by atomic mass is 32.2. The fourth-order valence-electron chi connectivity index (χ4n) is 2.25. The molecule has 1 aromatic heterocycles. The lowest BCUT2D eigenvalue weighted by atomic mass is 9.82. The third kappa shape index (κ3) is 2.92. The van der Waals surface area contributed by atoms with Gasteiger partial charge in [-0.2, -0.15) is 0 Å². The molecule has 0 saturated carbocycles. The molecule has 86 valence electrons. The van der Waals surface area contributed by atoms with E-state index >= 15 is 0 Å². The Labute approximate surface area is 93.7 Å². The molecule has 1 aromatic rings. The van der Waals surface area contributed by atoms with Gasteiger partial charge in [0.2, 0.25) is 0 Å². The molecule has 3 nitrogen and oxygen atoms in total. The van der Waals surface area contributed by atoms with E-state index in [1.807, 2.05) is 13.8 Å². The minimum absolute atomic E-state index is 0.108. The standard InChI is InChI=1S/C11H19NO2S/c1-10(2,3)8-11(4,5)12-9(13)6-7-15(12)14/h6-7H,8H2,1-5H3. The highest BCUT2D eigenvalue weighted by molar-refractivity contribution is 7.18. The Morgan fingerprint density at radius 3 is 2.20 bits per heavy atom. The van der Waals surface area contributed by atoms with E-state index in [0.717, 1.165) is 6.42 Å². The molecule has 0 aromatic carbocycles. The third-order valence-electron chi connectivity index (χ3n) is 2.22. The average molecular weight is 229 g/mol. The summed E-state index contributed by atoms with van der Waals surface area (Å²) in [4.78, 5) is 11.6. The summed E-state index contributed by atoms with van der Waals surface area (Å²) in [5.74, 6) is 0. The van der Waals surface area contributed by atoms with Crippen molar-refractivity contribution >= 4 is 10.9 Å². The van der Waals surface area contributed by atoms with Gasteiger partial charge in [-0.15, -0.1) is 3.96 Å². The molecule has 0 aliphatic heterocycles. The molecule has 0 bridgehead atoms. The lowest BCUT2D eigenvalue weighted by molar-refractivity contribution is 0.220. The first kappa shape index (κ1) is 12.5. The maximum Gasteiger partial charge on any atom is 0.296 e. The summed E-state index contributed by atoms with van der Waals surface area (Å²) in [5, 5.41) is 1.45. The van der Waals surface area contributed by atoms with Crippen LogP contribution in [0.3, 0.4) is 0 Å². The highest BCUT2D eigenvalue weighted by Crippen LogP contribution is 2.33. The van der Waals surface area contributed by atoms with E-state index in [0.29, 0.717) is 0 Å². The number of rotatable bonds is 2. The minimum atomic E-state index is -1.29. The summed E-state index contributed by atoms with van der Waals surface area (Å²) in [5.41, 5.74) is -0.414. The Bertz CT molecular complexity index is 395. The molecule has 1 atom stereocenters. The quantitative estimate of drug-likeness (QED) is 0.732. The van der Waals surface area contributed by atoms with Gasteiger partial charge in [-0.25, -0.2) is 0 Å². The zero-order valence-electron chi connectivity index (χ0n) is 10.0. The number of aromatic nitrogens is 1. The monoisotopic (exact) mass is 229 g/mol. The van der Waals surface area contributed by atoms with Crippen LogP contribution < -0.4 is 5.56 Å². The molecular weight excluding hydrogens is 210 g/mol. The smallest absolute Gasteiger partial charge is 0.296 e. The van der Waals surface area contributed by atoms with E-state index < -0.39 is 10.9 Å². The van der Waals surface area contributed by atoms with E-state index in [2.05, 4.69) is 20.8 Å². The molecule has 1 unspecified atom stereocenters. The van der Waals surface area contributed by atoms with Crippen molar-refractivity contribution in [2.24, 2.45) is 5.41 Å². The number of hydrogen-bond acceptors (Lipinski definition) is 2. The van der Waals surface area contributed by atoms with Crippen LogP contribution in [0.15, 0.2) is 16.2 Å². The minimum Gasteiger partial charge on any atom is -0.570 e. The largest absolute Gasteiger partial charge is 0.570 e. The van der Waals surface area contributed by atoms with Crippen LogP contribution >= 0.6 is 10.9 Å². The zero-order chi connectivity index (χ0) is 11.9. The van der Waals surface area contributed by atoms with Gasteiger partial charge >= 0.3 is 0 Å². The van der Waals surface area contributed by atoms with Gasteiger partial charge in [-0.1, -0.05) is 20.8 Å². The molecule has 0 saturated heterocycles. The predicted octanol–water partition coefficient (Wildman–Crippen LogP) is 2.75. The normalized spacial score (nSPS) is 14.4. The predicted molar refractivity (Wildman–Crippen MR) is 62.8 cm³/mol. The molecule has 4 heteroatoms. The maximum atomic E-state index is 11.6. The zero-order valence-corrected chi connectivity index (χ0v) is 10.9. The van der Waals surface area contributed by atoms with Gasteiger partial charge < -0.3 is 4.55 Å². The molecule has 0 aliphatic carbocycles. The number of nitrogens with zero attached hydrogens (tertiary/aromatic N) is 1. The second kappa shape index (κ2) is 3.76. The van der Waals surface area contributed by atoms with Crippen molar-refractivity contribution in [2.75, 3.05) is 0 Å². The van der Waals surface area contributed by atoms with Crippen LogP contribution in [-0.2, 0) is 5.54 Å². The first-order valence-electron chi connectivity index (χ1n) is 5.07. The summed E-state index contributed by atoms with van der Waals surface area (Å²) in [7, 11) is -1.29. The van der Waals surface area contributed by atoms with Gasteiger partial charge in [0.1, 0.15) is 0 Å². The lowest BCUT2D eigenvalue weighted by Crippen LogP contribution is -2.36. The van der Waals surface area contributed by atoms with Crippen LogP contribution in [0.1, 0.15) is 41.0 Å². The summed E-state index contributed by atoms with van der Waals surface area (Å²) in [6.07, 6.45) is 0.819.